The van der Waals surface area contributed by atoms with Gasteiger partial charge >= 0.3 is 0 Å². The third-order valence-corrected chi connectivity index (χ3v) is 3.71. The number of nitrogens with one attached hydrogen (secondary N) is 2. The summed E-state index contributed by atoms with van der Waals surface area (Å²) in [5.41, 5.74) is 1.60. The molecule has 1 aromatic carbocycles. The molecule has 0 radical (unpaired) electrons. The molecular weight excluding hydrogens is 272 g/mol. The first-order chi connectivity index (χ1) is 10.2. The van der Waals surface area contributed by atoms with Gasteiger partial charge in [0.25, 0.3) is 0 Å². The lowest BCUT2D eigenvalue weighted by atomic mass is 10.1. The van der Waals surface area contributed by atoms with Gasteiger partial charge in [0.1, 0.15) is 17.5 Å². The molecule has 1 saturated heterocycles. The summed E-state index contributed by atoms with van der Waals surface area (Å²) in [5.74, 6) is 0.0967. The molecule has 21 heavy (non-hydrogen) atoms. The van der Waals surface area contributed by atoms with Gasteiger partial charge in [-0.2, -0.15) is 0 Å². The number of nitrogens with zero attached hydrogens (tertiary/aromatic N) is 1. The van der Waals surface area contributed by atoms with Crippen molar-refractivity contribution in [2.45, 2.75) is 25.4 Å². The van der Waals surface area contributed by atoms with Gasteiger partial charge in [-0.3, -0.25) is 0 Å². The molecule has 110 valence electrons. The Morgan fingerprint density at radius 2 is 2.05 bits per heavy atom. The third kappa shape index (κ3) is 3.36. The normalized spacial score (nSPS) is 17.9. The van der Waals surface area contributed by atoms with Gasteiger partial charge in [-0.15, -0.1) is 0 Å². The van der Waals surface area contributed by atoms with E-state index < -0.39 is 0 Å². The monoisotopic (exact) mass is 289 g/mol. The van der Waals surface area contributed by atoms with E-state index in [1.807, 2.05) is 0 Å². The number of hydrogen-bond acceptors (Lipinski definition) is 3. The Labute approximate surface area is 122 Å². The topological polar surface area (TPSA) is 37.0 Å². The van der Waals surface area contributed by atoms with Gasteiger partial charge in [0.15, 0.2) is 0 Å². The SMILES string of the molecule is Fc1ccc(CNc2cc(C3CCCN3)c(F)cn2)cc1. The van der Waals surface area contributed by atoms with Crippen LogP contribution in [0.25, 0.3) is 0 Å². The summed E-state index contributed by atoms with van der Waals surface area (Å²) in [6, 6.07) is 8.09. The zero-order valence-electron chi connectivity index (χ0n) is 11.6. The molecule has 0 spiro atoms. The Bertz CT molecular complexity index is 607. The molecule has 1 atom stereocenters. The predicted octanol–water partition coefficient (Wildman–Crippen LogP) is 3.40. The smallest absolute Gasteiger partial charge is 0.146 e. The van der Waals surface area contributed by atoms with Gasteiger partial charge in [-0.1, -0.05) is 12.1 Å². The summed E-state index contributed by atoms with van der Waals surface area (Å²) in [5, 5.41) is 6.43. The van der Waals surface area contributed by atoms with E-state index in [9.17, 15) is 8.78 Å². The van der Waals surface area contributed by atoms with Gasteiger partial charge in [0.2, 0.25) is 0 Å². The molecular formula is C16H17F2N3. The van der Waals surface area contributed by atoms with Crippen molar-refractivity contribution < 1.29 is 8.78 Å². The van der Waals surface area contributed by atoms with Gasteiger partial charge in [0.05, 0.1) is 6.20 Å². The molecule has 5 heteroatoms. The molecule has 1 aliphatic heterocycles. The second kappa shape index (κ2) is 6.18. The molecule has 3 nitrogen and oxygen atoms in total. The fourth-order valence-corrected chi connectivity index (χ4v) is 2.56. The highest BCUT2D eigenvalue weighted by atomic mass is 19.1. The zero-order chi connectivity index (χ0) is 14.7. The zero-order valence-corrected chi connectivity index (χ0v) is 11.6. The largest absolute Gasteiger partial charge is 0.366 e. The minimum Gasteiger partial charge on any atom is -0.366 e. The first-order valence-corrected chi connectivity index (χ1v) is 7.09. The van der Waals surface area contributed by atoms with Crippen LogP contribution in [0.4, 0.5) is 14.6 Å². The Hall–Kier alpha value is -2.01. The van der Waals surface area contributed by atoms with Crippen LogP contribution in [0, 0.1) is 11.6 Å². The van der Waals surface area contributed by atoms with E-state index in [1.54, 1.807) is 18.2 Å². The molecule has 1 aromatic heterocycles. The van der Waals surface area contributed by atoms with E-state index in [2.05, 4.69) is 15.6 Å². The van der Waals surface area contributed by atoms with Crippen molar-refractivity contribution >= 4 is 5.82 Å². The number of anilines is 1. The lowest BCUT2D eigenvalue weighted by Crippen LogP contribution is -2.15. The van der Waals surface area contributed by atoms with Crippen LogP contribution in [0.1, 0.15) is 30.0 Å². The van der Waals surface area contributed by atoms with Crippen molar-refractivity contribution in [2.24, 2.45) is 0 Å². The van der Waals surface area contributed by atoms with Crippen LogP contribution < -0.4 is 10.6 Å². The Balaban J connectivity index is 1.70. The van der Waals surface area contributed by atoms with Crippen LogP contribution in [-0.2, 0) is 6.54 Å². The highest BCUT2D eigenvalue weighted by molar-refractivity contribution is 5.40. The standard InChI is InChI=1S/C16H17F2N3/c17-12-5-3-11(4-6-12)9-20-16-8-13(14(18)10-21-16)15-2-1-7-19-15/h3-6,8,10,15,19H,1-2,7,9H2,(H,20,21). The number of halogens is 2. The van der Waals surface area contributed by atoms with Crippen molar-refractivity contribution in [3.63, 3.8) is 0 Å². The van der Waals surface area contributed by atoms with E-state index in [4.69, 9.17) is 0 Å². The summed E-state index contributed by atoms with van der Waals surface area (Å²) in [7, 11) is 0. The summed E-state index contributed by atoms with van der Waals surface area (Å²) >= 11 is 0. The van der Waals surface area contributed by atoms with E-state index in [0.29, 0.717) is 17.9 Å². The Morgan fingerprint density at radius 1 is 1.24 bits per heavy atom. The van der Waals surface area contributed by atoms with Gasteiger partial charge in [-0.25, -0.2) is 13.8 Å². The van der Waals surface area contributed by atoms with Crippen LogP contribution in [0.15, 0.2) is 36.5 Å². The molecule has 2 N–H and O–H groups in total. The lowest BCUT2D eigenvalue weighted by molar-refractivity contribution is 0.554. The second-order valence-electron chi connectivity index (χ2n) is 5.22. The second-order valence-corrected chi connectivity index (χ2v) is 5.22. The Morgan fingerprint density at radius 3 is 2.76 bits per heavy atom. The lowest BCUT2D eigenvalue weighted by Gasteiger charge is -2.13. The molecule has 3 rings (SSSR count). The third-order valence-electron chi connectivity index (χ3n) is 3.71. The summed E-state index contributed by atoms with van der Waals surface area (Å²) in [6.07, 6.45) is 3.26. The first kappa shape index (κ1) is 13.9. The van der Waals surface area contributed by atoms with Gasteiger partial charge < -0.3 is 10.6 Å². The van der Waals surface area contributed by atoms with Crippen molar-refractivity contribution in [2.75, 3.05) is 11.9 Å². The maximum Gasteiger partial charge on any atom is 0.146 e. The molecule has 0 amide bonds. The first-order valence-electron chi connectivity index (χ1n) is 7.09. The summed E-state index contributed by atoms with van der Waals surface area (Å²) < 4.78 is 26.7. The molecule has 0 saturated carbocycles. The van der Waals surface area contributed by atoms with E-state index in [-0.39, 0.29) is 17.7 Å². The quantitative estimate of drug-likeness (QED) is 0.906. The highest BCUT2D eigenvalue weighted by Gasteiger charge is 2.20. The molecule has 1 aliphatic rings. The fourth-order valence-electron chi connectivity index (χ4n) is 2.56. The number of pyridine rings is 1. The molecule has 1 fully saturated rings. The van der Waals surface area contributed by atoms with Gasteiger partial charge in [-0.05, 0) is 43.1 Å². The fraction of sp³-hybridized carbons (Fsp3) is 0.312. The van der Waals surface area contributed by atoms with E-state index in [0.717, 1.165) is 24.9 Å². The minimum absolute atomic E-state index is 0.0689. The summed E-state index contributed by atoms with van der Waals surface area (Å²) in [4.78, 5) is 4.05. The van der Waals surface area contributed by atoms with Gasteiger partial charge in [0, 0.05) is 18.2 Å². The van der Waals surface area contributed by atoms with Crippen molar-refractivity contribution in [3.05, 3.63) is 59.3 Å². The van der Waals surface area contributed by atoms with E-state index >= 15 is 0 Å². The number of benzene rings is 1. The van der Waals surface area contributed by atoms with E-state index in [1.165, 1.54) is 18.3 Å². The number of aromatic nitrogens is 1. The number of rotatable bonds is 4. The van der Waals surface area contributed by atoms with Crippen LogP contribution in [0.2, 0.25) is 0 Å². The van der Waals surface area contributed by atoms with Crippen LogP contribution in [0.5, 0.6) is 0 Å². The highest BCUT2D eigenvalue weighted by Crippen LogP contribution is 2.26. The Kier molecular flexibility index (Phi) is 4.10. The molecule has 1 unspecified atom stereocenters. The van der Waals surface area contributed by atoms with Crippen molar-refractivity contribution in [1.82, 2.24) is 10.3 Å². The predicted molar refractivity (Wildman–Crippen MR) is 77.9 cm³/mol. The average molecular weight is 289 g/mol. The van der Waals surface area contributed by atoms with Crippen LogP contribution >= 0.6 is 0 Å². The molecule has 2 aromatic rings. The maximum absolute atomic E-state index is 13.9. The molecule has 0 bridgehead atoms. The van der Waals surface area contributed by atoms with Crippen molar-refractivity contribution in [3.8, 4) is 0 Å². The minimum atomic E-state index is -0.276. The number of hydrogen-bond donors (Lipinski definition) is 2. The maximum atomic E-state index is 13.9. The summed E-state index contributed by atoms with van der Waals surface area (Å²) in [6.45, 7) is 1.45. The van der Waals surface area contributed by atoms with Crippen LogP contribution in [-0.4, -0.2) is 11.5 Å². The van der Waals surface area contributed by atoms with Crippen molar-refractivity contribution in [1.29, 1.82) is 0 Å². The van der Waals surface area contributed by atoms with Crippen LogP contribution in [0.3, 0.4) is 0 Å². The molecule has 2 heterocycles. The average Bonchev–Trinajstić information content (AvgIpc) is 3.02. The molecule has 0 aliphatic carbocycles.